The summed E-state index contributed by atoms with van der Waals surface area (Å²) in [6, 6.07) is 0. The van der Waals surface area contributed by atoms with Gasteiger partial charge in [0.1, 0.15) is 6.29 Å². The van der Waals surface area contributed by atoms with Crippen LogP contribution in [-0.4, -0.2) is 38.1 Å². The fraction of sp³-hybridized carbons (Fsp3) is 0.400. The van der Waals surface area contributed by atoms with Gasteiger partial charge < -0.3 is 4.90 Å². The molecule has 0 rings (SSSR count). The molecule has 0 aliphatic carbocycles. The van der Waals surface area contributed by atoms with Crippen molar-refractivity contribution in [2.24, 2.45) is 0 Å². The van der Waals surface area contributed by atoms with Crippen LogP contribution in [0.15, 0.2) is 12.2 Å². The summed E-state index contributed by atoms with van der Waals surface area (Å²) >= 11 is 0. The van der Waals surface area contributed by atoms with Gasteiger partial charge in [-0.15, -0.1) is 0 Å². The maximum atomic E-state index is 9.68. The van der Waals surface area contributed by atoms with Crippen molar-refractivity contribution in [1.82, 2.24) is 4.90 Å². The quantitative estimate of drug-likeness (QED) is 0.362. The van der Waals surface area contributed by atoms with Gasteiger partial charge in [-0.3, -0.25) is 9.59 Å². The number of carbonyl (C=O) groups is 2. The highest BCUT2D eigenvalue weighted by Gasteiger charge is 1.78. The van der Waals surface area contributed by atoms with E-state index in [9.17, 15) is 9.59 Å². The van der Waals surface area contributed by atoms with E-state index in [0.29, 0.717) is 6.29 Å². The Morgan fingerprint density at radius 1 is 1.31 bits per heavy atom. The average molecular weight is 181 g/mol. The summed E-state index contributed by atoms with van der Waals surface area (Å²) in [5.74, 6) is 4.58. The summed E-state index contributed by atoms with van der Waals surface area (Å²) in [4.78, 5) is 20.9. The number of rotatable bonds is 3. The molecule has 0 spiro atoms. The van der Waals surface area contributed by atoms with Crippen LogP contribution in [0.2, 0.25) is 0 Å². The molecule has 72 valence electrons. The van der Waals surface area contributed by atoms with E-state index in [-0.39, 0.29) is 0 Å². The smallest absolute Gasteiger partial charge is 0.192 e. The third kappa shape index (κ3) is 25.0. The Bertz CT molecular complexity index is 209. The summed E-state index contributed by atoms with van der Waals surface area (Å²) in [5.41, 5.74) is 0. The molecule has 0 aromatic heterocycles. The van der Waals surface area contributed by atoms with Crippen molar-refractivity contribution in [2.75, 3.05) is 20.6 Å². The number of allylic oxidation sites excluding steroid dienone is 1. The number of hydrogen-bond donors (Lipinski definition) is 0. The fourth-order valence-corrected chi connectivity index (χ4v) is 0.386. The Morgan fingerprint density at radius 3 is 2.15 bits per heavy atom. The van der Waals surface area contributed by atoms with Crippen LogP contribution < -0.4 is 0 Å². The molecule has 0 heterocycles. The molecule has 13 heavy (non-hydrogen) atoms. The second kappa shape index (κ2) is 13.2. The summed E-state index contributed by atoms with van der Waals surface area (Å²) < 4.78 is 0. The van der Waals surface area contributed by atoms with Gasteiger partial charge in [0.15, 0.2) is 6.29 Å². The first-order valence-corrected chi connectivity index (χ1v) is 3.80. The highest BCUT2D eigenvalue weighted by molar-refractivity contribution is 5.72. The minimum absolute atomic E-state index is 0.569. The predicted octanol–water partition coefficient (Wildman–Crippen LogP) is 0.512. The first-order chi connectivity index (χ1) is 6.18. The summed E-state index contributed by atoms with van der Waals surface area (Å²) in [6.07, 6.45) is 4.66. The molecule has 0 aliphatic rings. The molecule has 0 N–H and O–H groups in total. The fourth-order valence-electron chi connectivity index (χ4n) is 0.386. The van der Waals surface area contributed by atoms with E-state index in [1.54, 1.807) is 6.92 Å². The highest BCUT2D eigenvalue weighted by atomic mass is 16.1. The van der Waals surface area contributed by atoms with Gasteiger partial charge in [-0.2, -0.15) is 0 Å². The van der Waals surface area contributed by atoms with E-state index in [4.69, 9.17) is 0 Å². The van der Waals surface area contributed by atoms with Crippen molar-refractivity contribution in [1.29, 1.82) is 0 Å². The number of nitrogens with zero attached hydrogens (tertiary/aromatic N) is 1. The zero-order valence-electron chi connectivity index (χ0n) is 8.28. The number of carbonyl (C=O) groups excluding carboxylic acids is 2. The Kier molecular flexibility index (Phi) is 14.4. The molecule has 0 radical (unpaired) electrons. The highest BCUT2D eigenvalue weighted by Crippen LogP contribution is 1.73. The van der Waals surface area contributed by atoms with E-state index in [0.717, 1.165) is 12.8 Å². The summed E-state index contributed by atoms with van der Waals surface area (Å²) in [6.45, 7) is 2.45. The molecule has 0 aromatic rings. The third-order valence-electron chi connectivity index (χ3n) is 0.888. The van der Waals surface area contributed by atoms with E-state index in [1.165, 1.54) is 6.08 Å². The van der Waals surface area contributed by atoms with E-state index in [2.05, 4.69) is 11.8 Å². The van der Waals surface area contributed by atoms with Gasteiger partial charge in [-0.1, -0.05) is 12.0 Å². The second-order valence-corrected chi connectivity index (χ2v) is 2.34. The zero-order chi connectivity index (χ0) is 10.5. The van der Waals surface area contributed by atoms with Gasteiger partial charge in [0.05, 0.1) is 0 Å². The zero-order valence-corrected chi connectivity index (χ0v) is 8.28. The lowest BCUT2D eigenvalue weighted by Crippen LogP contribution is -2.10. The van der Waals surface area contributed by atoms with E-state index < -0.39 is 0 Å². The van der Waals surface area contributed by atoms with Crippen LogP contribution in [0.3, 0.4) is 0 Å². The maximum Gasteiger partial charge on any atom is 0.192 e. The van der Waals surface area contributed by atoms with E-state index >= 15 is 0 Å². The Hall–Kier alpha value is -1.40. The first-order valence-electron chi connectivity index (χ1n) is 3.80. The molecule has 0 fully saturated rings. The average Bonchev–Trinajstić information content (AvgIpc) is 2.07. The Balaban J connectivity index is 0. The summed E-state index contributed by atoms with van der Waals surface area (Å²) in [7, 11) is 3.91. The second-order valence-electron chi connectivity index (χ2n) is 2.34. The number of aldehydes is 2. The van der Waals surface area contributed by atoms with Crippen LogP contribution in [0.25, 0.3) is 0 Å². The van der Waals surface area contributed by atoms with Gasteiger partial charge in [-0.25, -0.2) is 0 Å². The molecule has 3 nitrogen and oxygen atoms in total. The van der Waals surface area contributed by atoms with Crippen molar-refractivity contribution >= 4 is 12.6 Å². The van der Waals surface area contributed by atoms with Crippen LogP contribution in [0.4, 0.5) is 0 Å². The molecule has 0 saturated carbocycles. The number of likely N-dealkylation sites (N-methyl/N-ethyl adjacent to an activating group) is 1. The minimum Gasteiger partial charge on any atom is -0.306 e. The largest absolute Gasteiger partial charge is 0.306 e. The normalized spacial score (nSPS) is 8.31. The third-order valence-corrected chi connectivity index (χ3v) is 0.888. The predicted molar refractivity (Wildman–Crippen MR) is 53.3 cm³/mol. The minimum atomic E-state index is 0.569. The van der Waals surface area contributed by atoms with Gasteiger partial charge in [-0.05, 0) is 33.0 Å². The Labute approximate surface area is 79.4 Å². The van der Waals surface area contributed by atoms with Gasteiger partial charge >= 0.3 is 0 Å². The number of hydrogen-bond acceptors (Lipinski definition) is 3. The van der Waals surface area contributed by atoms with E-state index in [1.807, 2.05) is 25.1 Å². The molecular weight excluding hydrogens is 166 g/mol. The van der Waals surface area contributed by atoms with Crippen LogP contribution in [-0.2, 0) is 9.59 Å². The first kappa shape index (κ1) is 14.1. The lowest BCUT2D eigenvalue weighted by molar-refractivity contribution is -0.104. The molecule has 0 aromatic carbocycles. The molecule has 0 saturated heterocycles. The monoisotopic (exact) mass is 181 g/mol. The van der Waals surface area contributed by atoms with Crippen molar-refractivity contribution in [3.05, 3.63) is 12.2 Å². The molecule has 0 aliphatic heterocycles. The van der Waals surface area contributed by atoms with Crippen LogP contribution in [0, 0.1) is 11.8 Å². The lowest BCUT2D eigenvalue weighted by Gasteiger charge is -2.01. The molecule has 0 bridgehead atoms. The maximum absolute atomic E-state index is 9.68. The topological polar surface area (TPSA) is 37.4 Å². The van der Waals surface area contributed by atoms with Crippen molar-refractivity contribution < 1.29 is 9.59 Å². The lowest BCUT2D eigenvalue weighted by atomic mass is 10.5. The molecule has 0 amide bonds. The molecule has 3 heteroatoms. The molecule has 0 unspecified atom stereocenters. The Morgan fingerprint density at radius 2 is 1.92 bits per heavy atom. The van der Waals surface area contributed by atoms with Crippen molar-refractivity contribution in [3.8, 4) is 11.8 Å². The molecular formula is C10H15NO2. The SMILES string of the molecule is CC#CC=O.CN(C)C/C=C/C=O. The molecule has 0 atom stereocenters. The summed E-state index contributed by atoms with van der Waals surface area (Å²) in [5, 5.41) is 0. The standard InChI is InChI=1S/C6H11NO.C4H4O/c1-7(2)5-3-4-6-8;1-2-3-4-5/h3-4,6H,5H2,1-2H3;4H,1H3/b4-3+;. The van der Waals surface area contributed by atoms with Gasteiger partial charge in [0, 0.05) is 6.54 Å². The van der Waals surface area contributed by atoms with Crippen LogP contribution >= 0.6 is 0 Å². The van der Waals surface area contributed by atoms with Gasteiger partial charge in [0.2, 0.25) is 0 Å². The van der Waals surface area contributed by atoms with Gasteiger partial charge in [0.25, 0.3) is 0 Å². The van der Waals surface area contributed by atoms with Crippen molar-refractivity contribution in [3.63, 3.8) is 0 Å². The van der Waals surface area contributed by atoms with Crippen LogP contribution in [0.1, 0.15) is 6.92 Å². The van der Waals surface area contributed by atoms with Crippen molar-refractivity contribution in [2.45, 2.75) is 6.92 Å². The van der Waals surface area contributed by atoms with Crippen LogP contribution in [0.5, 0.6) is 0 Å².